The molecule has 15 heavy (non-hydrogen) atoms. The van der Waals surface area contributed by atoms with Crippen molar-refractivity contribution in [2.24, 2.45) is 0 Å². The molecule has 4 heteroatoms. The van der Waals surface area contributed by atoms with Gasteiger partial charge in [-0.05, 0) is 18.7 Å². The molecule has 2 heterocycles. The first-order valence-electron chi connectivity index (χ1n) is 5.14. The number of pyridine rings is 1. The van der Waals surface area contributed by atoms with Gasteiger partial charge in [0.2, 0.25) is 0 Å². The zero-order chi connectivity index (χ0) is 9.80. The molecule has 0 N–H and O–H groups in total. The first-order chi connectivity index (χ1) is 6.84. The zero-order valence-electron chi connectivity index (χ0n) is 9.09. The monoisotopic (exact) mass is 227 g/mol. The van der Waals surface area contributed by atoms with Crippen molar-refractivity contribution in [2.45, 2.75) is 6.54 Å². The van der Waals surface area contributed by atoms with Gasteiger partial charge in [-0.2, -0.15) is 0 Å². The van der Waals surface area contributed by atoms with Crippen molar-refractivity contribution in [3.63, 3.8) is 0 Å². The summed E-state index contributed by atoms with van der Waals surface area (Å²) in [7, 11) is 2.18. The topological polar surface area (TPSA) is 19.4 Å². The van der Waals surface area contributed by atoms with E-state index in [4.69, 9.17) is 0 Å². The van der Waals surface area contributed by atoms with E-state index in [2.05, 4.69) is 27.9 Å². The minimum absolute atomic E-state index is 0. The van der Waals surface area contributed by atoms with Crippen molar-refractivity contribution in [3.8, 4) is 0 Å². The van der Waals surface area contributed by atoms with Crippen molar-refractivity contribution >= 4 is 12.4 Å². The largest absolute Gasteiger partial charge is 0.304 e. The standard InChI is InChI=1S/C11H17N3.ClH/c1-13-5-7-14(8-6-13)10-11-3-2-4-12-9-11;/h2-4,9H,5-8,10H2,1H3;1H. The average Bonchev–Trinajstić information content (AvgIpc) is 2.23. The fourth-order valence-corrected chi connectivity index (χ4v) is 1.76. The Morgan fingerprint density at radius 3 is 2.60 bits per heavy atom. The molecule has 1 aromatic rings. The SMILES string of the molecule is CN1CCN(Cc2cccnc2)CC1.Cl. The highest BCUT2D eigenvalue weighted by molar-refractivity contribution is 5.85. The van der Waals surface area contributed by atoms with Crippen molar-refractivity contribution in [3.05, 3.63) is 30.1 Å². The van der Waals surface area contributed by atoms with E-state index >= 15 is 0 Å². The van der Waals surface area contributed by atoms with Crippen LogP contribution < -0.4 is 0 Å². The second-order valence-electron chi connectivity index (χ2n) is 3.94. The molecule has 0 amide bonds. The lowest BCUT2D eigenvalue weighted by Gasteiger charge is -2.32. The Morgan fingerprint density at radius 1 is 1.27 bits per heavy atom. The van der Waals surface area contributed by atoms with Gasteiger partial charge in [-0.25, -0.2) is 0 Å². The quantitative estimate of drug-likeness (QED) is 0.758. The van der Waals surface area contributed by atoms with Gasteiger partial charge in [0, 0.05) is 45.1 Å². The molecule has 1 saturated heterocycles. The first-order valence-corrected chi connectivity index (χ1v) is 5.14. The number of likely N-dealkylation sites (N-methyl/N-ethyl adjacent to an activating group) is 1. The molecule has 0 saturated carbocycles. The van der Waals surface area contributed by atoms with Crippen molar-refractivity contribution in [1.82, 2.24) is 14.8 Å². The molecule has 3 nitrogen and oxygen atoms in total. The lowest BCUT2D eigenvalue weighted by atomic mass is 10.2. The molecule has 0 unspecified atom stereocenters. The van der Waals surface area contributed by atoms with E-state index in [-0.39, 0.29) is 12.4 Å². The molecule has 1 aromatic heterocycles. The molecule has 0 bridgehead atoms. The molecule has 1 aliphatic heterocycles. The third-order valence-electron chi connectivity index (χ3n) is 2.72. The van der Waals surface area contributed by atoms with E-state index < -0.39 is 0 Å². The lowest BCUT2D eigenvalue weighted by Crippen LogP contribution is -2.43. The zero-order valence-corrected chi connectivity index (χ0v) is 9.91. The van der Waals surface area contributed by atoms with Crippen LogP contribution >= 0.6 is 12.4 Å². The second kappa shape index (κ2) is 6.05. The predicted octanol–water partition coefficient (Wildman–Crippen LogP) is 1.25. The van der Waals surface area contributed by atoms with Crippen LogP contribution in [0.5, 0.6) is 0 Å². The summed E-state index contributed by atoms with van der Waals surface area (Å²) in [5.41, 5.74) is 1.32. The highest BCUT2D eigenvalue weighted by Gasteiger charge is 2.13. The van der Waals surface area contributed by atoms with Crippen LogP contribution in [0.4, 0.5) is 0 Å². The van der Waals surface area contributed by atoms with Crippen molar-refractivity contribution in [2.75, 3.05) is 33.2 Å². The third-order valence-corrected chi connectivity index (χ3v) is 2.72. The Hall–Kier alpha value is -0.640. The fourth-order valence-electron chi connectivity index (χ4n) is 1.76. The van der Waals surface area contributed by atoms with Crippen molar-refractivity contribution < 1.29 is 0 Å². The molecule has 0 aromatic carbocycles. The number of rotatable bonds is 2. The van der Waals surface area contributed by atoms with E-state index in [0.717, 1.165) is 6.54 Å². The van der Waals surface area contributed by atoms with E-state index in [0.29, 0.717) is 0 Å². The van der Waals surface area contributed by atoms with Crippen LogP contribution in [-0.2, 0) is 6.54 Å². The van der Waals surface area contributed by atoms with Crippen molar-refractivity contribution in [1.29, 1.82) is 0 Å². The van der Waals surface area contributed by atoms with Crippen LogP contribution in [0.1, 0.15) is 5.56 Å². The second-order valence-corrected chi connectivity index (χ2v) is 3.94. The summed E-state index contributed by atoms with van der Waals surface area (Å²) < 4.78 is 0. The fraction of sp³-hybridized carbons (Fsp3) is 0.545. The summed E-state index contributed by atoms with van der Waals surface area (Å²) in [6.45, 7) is 5.75. The Morgan fingerprint density at radius 2 is 2.00 bits per heavy atom. The number of piperazine rings is 1. The maximum Gasteiger partial charge on any atom is 0.0312 e. The lowest BCUT2D eigenvalue weighted by molar-refractivity contribution is 0.148. The first kappa shape index (κ1) is 12.4. The van der Waals surface area contributed by atoms with Gasteiger partial charge in [0.25, 0.3) is 0 Å². The summed E-state index contributed by atoms with van der Waals surface area (Å²) in [6.07, 6.45) is 3.78. The van der Waals surface area contributed by atoms with Crippen LogP contribution in [0.25, 0.3) is 0 Å². The maximum absolute atomic E-state index is 4.13. The molecule has 0 atom stereocenters. The molecule has 0 radical (unpaired) electrons. The Kier molecular flexibility index (Phi) is 5.02. The van der Waals surface area contributed by atoms with Gasteiger partial charge in [-0.1, -0.05) is 6.07 Å². The molecule has 0 spiro atoms. The molecular weight excluding hydrogens is 210 g/mol. The summed E-state index contributed by atoms with van der Waals surface area (Å²) >= 11 is 0. The van der Waals surface area contributed by atoms with E-state index in [1.807, 2.05) is 18.5 Å². The Labute approximate surface area is 97.5 Å². The smallest absolute Gasteiger partial charge is 0.0312 e. The molecule has 84 valence electrons. The van der Waals surface area contributed by atoms with Gasteiger partial charge in [0.15, 0.2) is 0 Å². The van der Waals surface area contributed by atoms with Gasteiger partial charge in [-0.3, -0.25) is 9.88 Å². The number of hydrogen-bond donors (Lipinski definition) is 0. The van der Waals surface area contributed by atoms with E-state index in [1.54, 1.807) is 0 Å². The van der Waals surface area contributed by atoms with E-state index in [1.165, 1.54) is 31.7 Å². The summed E-state index contributed by atoms with van der Waals surface area (Å²) in [5.74, 6) is 0. The highest BCUT2D eigenvalue weighted by atomic mass is 35.5. The van der Waals surface area contributed by atoms with Crippen LogP contribution in [0.2, 0.25) is 0 Å². The van der Waals surface area contributed by atoms with Gasteiger partial charge in [0.05, 0.1) is 0 Å². The van der Waals surface area contributed by atoms with Gasteiger partial charge in [-0.15, -0.1) is 12.4 Å². The van der Waals surface area contributed by atoms with Gasteiger partial charge in [0.1, 0.15) is 0 Å². The predicted molar refractivity (Wildman–Crippen MR) is 64.3 cm³/mol. The molecule has 1 aliphatic rings. The van der Waals surface area contributed by atoms with Gasteiger partial charge < -0.3 is 4.90 Å². The van der Waals surface area contributed by atoms with Crippen LogP contribution in [0.15, 0.2) is 24.5 Å². The molecule has 0 aliphatic carbocycles. The number of nitrogens with zero attached hydrogens (tertiary/aromatic N) is 3. The summed E-state index contributed by atoms with van der Waals surface area (Å²) in [5, 5.41) is 0. The summed E-state index contributed by atoms with van der Waals surface area (Å²) in [6, 6.07) is 4.15. The highest BCUT2D eigenvalue weighted by Crippen LogP contribution is 2.05. The number of hydrogen-bond acceptors (Lipinski definition) is 3. The maximum atomic E-state index is 4.13. The van der Waals surface area contributed by atoms with Gasteiger partial charge >= 0.3 is 0 Å². The molecule has 1 fully saturated rings. The van der Waals surface area contributed by atoms with Crippen LogP contribution in [0.3, 0.4) is 0 Å². The summed E-state index contributed by atoms with van der Waals surface area (Å²) in [4.78, 5) is 8.99. The van der Waals surface area contributed by atoms with E-state index in [9.17, 15) is 0 Å². The number of halogens is 1. The molecule has 2 rings (SSSR count). The van der Waals surface area contributed by atoms with Crippen LogP contribution in [-0.4, -0.2) is 48.0 Å². The molecular formula is C11H18ClN3. The normalized spacial score (nSPS) is 18.5. The Balaban J connectivity index is 0.00000112. The minimum Gasteiger partial charge on any atom is -0.304 e. The average molecular weight is 228 g/mol. The third kappa shape index (κ3) is 3.78. The minimum atomic E-state index is 0. The Bertz CT molecular complexity index is 270. The number of aromatic nitrogens is 1. The van der Waals surface area contributed by atoms with Crippen LogP contribution in [0, 0.1) is 0 Å².